The zero-order valence-electron chi connectivity index (χ0n) is 9.13. The van der Waals surface area contributed by atoms with Crippen LogP contribution in [0.3, 0.4) is 0 Å². The Hall–Kier alpha value is -0.910. The van der Waals surface area contributed by atoms with Crippen LogP contribution in [-0.4, -0.2) is 26.9 Å². The highest BCUT2D eigenvalue weighted by atomic mass is 35.5. The number of carboxylic acids is 1. The summed E-state index contributed by atoms with van der Waals surface area (Å²) in [6, 6.07) is 1.94. The van der Waals surface area contributed by atoms with Crippen molar-refractivity contribution in [1.29, 1.82) is 0 Å². The molecule has 0 amide bonds. The summed E-state index contributed by atoms with van der Waals surface area (Å²) in [5.74, 6) is -1.05. The van der Waals surface area contributed by atoms with Gasteiger partial charge in [0.2, 0.25) is 0 Å². The molecule has 0 aliphatic carbocycles. The molecule has 0 saturated carbocycles. The Morgan fingerprint density at radius 1 is 1.44 bits per heavy atom. The van der Waals surface area contributed by atoms with E-state index in [1.165, 1.54) is 6.07 Å². The molecule has 0 spiro atoms. The van der Waals surface area contributed by atoms with Crippen LogP contribution in [0.15, 0.2) is 12.1 Å². The van der Waals surface area contributed by atoms with Gasteiger partial charge in [-0.05, 0) is 29.7 Å². The maximum Gasteiger partial charge on any atom is 0.356 e. The summed E-state index contributed by atoms with van der Waals surface area (Å²) < 4.78 is 11.4. The third kappa shape index (κ3) is 2.58. The van der Waals surface area contributed by atoms with E-state index in [2.05, 4.69) is 5.32 Å². The van der Waals surface area contributed by atoms with Crippen molar-refractivity contribution in [2.75, 3.05) is 0 Å². The Morgan fingerprint density at radius 3 is 2.67 bits per heavy atom. The van der Waals surface area contributed by atoms with Crippen molar-refractivity contribution in [2.45, 2.75) is 19.0 Å². The molecule has 0 bridgehead atoms. The summed E-state index contributed by atoms with van der Waals surface area (Å²) in [7, 11) is -4.47. The molecule has 1 heterocycles. The molecule has 0 fully saturated rings. The third-order valence-corrected chi connectivity index (χ3v) is 4.09. The molecule has 6 nitrogen and oxygen atoms in total. The van der Waals surface area contributed by atoms with E-state index in [4.69, 9.17) is 16.7 Å². The fourth-order valence-corrected chi connectivity index (χ4v) is 3.23. The molecule has 18 heavy (non-hydrogen) atoms. The lowest BCUT2D eigenvalue weighted by atomic mass is 9.96. The zero-order chi connectivity index (χ0) is 13.5. The molecule has 1 unspecified atom stereocenters. The molecule has 0 saturated heterocycles. The molecule has 1 aliphatic heterocycles. The summed E-state index contributed by atoms with van der Waals surface area (Å²) in [6.45, 7) is 0.222. The molecule has 8 heteroatoms. The molecule has 0 radical (unpaired) electrons. The first-order valence-electron chi connectivity index (χ1n) is 5.12. The fraction of sp³-hybridized carbons (Fsp3) is 0.300. The van der Waals surface area contributed by atoms with Gasteiger partial charge < -0.3 is 20.2 Å². The van der Waals surface area contributed by atoms with Gasteiger partial charge in [0.05, 0.1) is 5.30 Å². The highest BCUT2D eigenvalue weighted by molar-refractivity contribution is 7.60. The van der Waals surface area contributed by atoms with E-state index in [1.807, 2.05) is 0 Å². The van der Waals surface area contributed by atoms with Gasteiger partial charge in [0.15, 0.2) is 0 Å². The minimum absolute atomic E-state index is 0.0300. The van der Waals surface area contributed by atoms with Gasteiger partial charge in [0, 0.05) is 11.6 Å². The molecule has 4 N–H and O–H groups in total. The lowest BCUT2D eigenvalue weighted by molar-refractivity contribution is -0.139. The largest absolute Gasteiger partial charge is 0.480 e. The molecule has 2 rings (SSSR count). The minimum atomic E-state index is -4.47. The Morgan fingerprint density at radius 2 is 2.11 bits per heavy atom. The molecule has 98 valence electrons. The van der Waals surface area contributed by atoms with E-state index in [9.17, 15) is 19.1 Å². The van der Waals surface area contributed by atoms with Gasteiger partial charge >= 0.3 is 13.6 Å². The van der Waals surface area contributed by atoms with Crippen LogP contribution in [0.25, 0.3) is 0 Å². The number of rotatable bonds is 2. The Balaban J connectivity index is 2.54. The maximum absolute atomic E-state index is 11.4. The normalized spacial score (nSPS) is 19.4. The van der Waals surface area contributed by atoms with E-state index in [0.717, 1.165) is 0 Å². The number of carbonyl (C=O) groups is 1. The van der Waals surface area contributed by atoms with Gasteiger partial charge in [-0.15, -0.1) is 0 Å². The number of benzene rings is 1. The summed E-state index contributed by atoms with van der Waals surface area (Å²) in [5.41, 5.74) is 0.997. The molecular formula is C10H11ClNO5P. The highest BCUT2D eigenvalue weighted by Crippen LogP contribution is 2.38. The first kappa shape index (κ1) is 13.5. The number of aliphatic carboxylic acids is 1. The van der Waals surface area contributed by atoms with Crippen molar-refractivity contribution in [3.05, 3.63) is 28.3 Å². The van der Waals surface area contributed by atoms with Crippen LogP contribution in [0.5, 0.6) is 0 Å². The van der Waals surface area contributed by atoms with Crippen LogP contribution in [0.1, 0.15) is 11.1 Å². The number of nitrogens with one attached hydrogen (secondary N) is 1. The van der Waals surface area contributed by atoms with E-state index in [1.54, 1.807) is 6.07 Å². The second-order valence-corrected chi connectivity index (χ2v) is 6.09. The summed E-state index contributed by atoms with van der Waals surface area (Å²) in [4.78, 5) is 29.5. The van der Waals surface area contributed by atoms with Gasteiger partial charge in [-0.2, -0.15) is 0 Å². The minimum Gasteiger partial charge on any atom is -0.480 e. The second kappa shape index (κ2) is 4.64. The second-order valence-electron chi connectivity index (χ2n) is 4.08. The van der Waals surface area contributed by atoms with E-state index >= 15 is 0 Å². The number of hydrogen-bond acceptors (Lipinski definition) is 3. The Labute approximate surface area is 108 Å². The van der Waals surface area contributed by atoms with E-state index < -0.39 is 19.6 Å². The monoisotopic (exact) mass is 291 g/mol. The quantitative estimate of drug-likeness (QED) is 0.582. The van der Waals surface area contributed by atoms with Gasteiger partial charge in [-0.1, -0.05) is 11.6 Å². The average molecular weight is 292 g/mol. The molecule has 1 aromatic rings. The van der Waals surface area contributed by atoms with Gasteiger partial charge in [-0.3, -0.25) is 9.36 Å². The fourth-order valence-electron chi connectivity index (χ4n) is 2.01. The molecule has 1 aromatic carbocycles. The third-order valence-electron chi connectivity index (χ3n) is 2.84. The lowest BCUT2D eigenvalue weighted by Crippen LogP contribution is -2.43. The molecular weight excluding hydrogens is 281 g/mol. The maximum atomic E-state index is 11.4. The predicted octanol–water partition coefficient (Wildman–Crippen LogP) is 0.242. The first-order valence-corrected chi connectivity index (χ1v) is 7.11. The van der Waals surface area contributed by atoms with Gasteiger partial charge in [-0.25, -0.2) is 0 Å². The number of fused-ring (bicyclic) bond motifs is 1. The lowest BCUT2D eigenvalue weighted by Gasteiger charge is -2.25. The van der Waals surface area contributed by atoms with Crippen LogP contribution < -0.4 is 10.6 Å². The standard InChI is InChI=1S/C10H11ClNO5P/c11-6-1-5-4-12-8(10(13)14)3-7(5)9(2-6)18(15,16)17/h1-2,8,12H,3-4H2,(H,13,14)(H2,15,16,17). The van der Waals surface area contributed by atoms with Crippen molar-refractivity contribution in [3.8, 4) is 0 Å². The predicted molar refractivity (Wildman–Crippen MR) is 65.1 cm³/mol. The summed E-state index contributed by atoms with van der Waals surface area (Å²) in [6.07, 6.45) is 0.0300. The summed E-state index contributed by atoms with van der Waals surface area (Å²) >= 11 is 5.80. The van der Waals surface area contributed by atoms with Crippen LogP contribution in [0.4, 0.5) is 0 Å². The molecule has 0 aromatic heterocycles. The topological polar surface area (TPSA) is 107 Å². The van der Waals surface area contributed by atoms with Crippen molar-refractivity contribution >= 4 is 30.5 Å². The van der Waals surface area contributed by atoms with Gasteiger partial charge in [0.1, 0.15) is 6.04 Å². The van der Waals surface area contributed by atoms with E-state index in [-0.39, 0.29) is 23.3 Å². The van der Waals surface area contributed by atoms with Crippen LogP contribution in [0.2, 0.25) is 5.02 Å². The Bertz CT molecular complexity index is 555. The van der Waals surface area contributed by atoms with Crippen molar-refractivity contribution < 1.29 is 24.3 Å². The van der Waals surface area contributed by atoms with Crippen molar-refractivity contribution in [2.24, 2.45) is 0 Å². The zero-order valence-corrected chi connectivity index (χ0v) is 10.8. The van der Waals surface area contributed by atoms with Gasteiger partial charge in [0.25, 0.3) is 0 Å². The van der Waals surface area contributed by atoms with Crippen molar-refractivity contribution in [3.63, 3.8) is 0 Å². The van der Waals surface area contributed by atoms with Crippen molar-refractivity contribution in [1.82, 2.24) is 5.32 Å². The molecule has 1 aliphatic rings. The first-order chi connectivity index (χ1) is 8.29. The number of carboxylic acid groups (broad SMARTS) is 1. The summed E-state index contributed by atoms with van der Waals surface area (Å²) in [5, 5.41) is 11.7. The van der Waals surface area contributed by atoms with Crippen LogP contribution in [-0.2, 0) is 22.3 Å². The number of hydrogen-bond donors (Lipinski definition) is 4. The van der Waals surface area contributed by atoms with Crippen LogP contribution in [0, 0.1) is 0 Å². The molecule has 1 atom stereocenters. The number of halogens is 1. The average Bonchev–Trinajstić information content (AvgIpc) is 2.25. The van der Waals surface area contributed by atoms with Crippen LogP contribution >= 0.6 is 19.2 Å². The smallest absolute Gasteiger partial charge is 0.356 e. The highest BCUT2D eigenvalue weighted by Gasteiger charge is 2.31. The SMILES string of the molecule is O=C(O)C1Cc2c(cc(Cl)cc2P(=O)(O)O)CN1. The van der Waals surface area contributed by atoms with E-state index in [0.29, 0.717) is 11.1 Å². The Kier molecular flexibility index (Phi) is 3.49.